The number of aryl methyl sites for hydroxylation is 1. The fourth-order valence-electron chi connectivity index (χ4n) is 1.23. The van der Waals surface area contributed by atoms with E-state index in [1.807, 2.05) is 10.8 Å². The van der Waals surface area contributed by atoms with Gasteiger partial charge in [0.1, 0.15) is 0 Å². The molecule has 0 saturated carbocycles. The molecule has 0 radical (unpaired) electrons. The molecule has 4 heteroatoms. The van der Waals surface area contributed by atoms with E-state index < -0.39 is 0 Å². The smallest absolute Gasteiger partial charge is 0.200 e. The normalized spacial score (nSPS) is 10.5. The van der Waals surface area contributed by atoms with Gasteiger partial charge in [-0.15, -0.1) is 11.3 Å². The number of aromatic nitrogens is 2. The maximum atomic E-state index is 5.66. The van der Waals surface area contributed by atoms with E-state index >= 15 is 0 Å². The summed E-state index contributed by atoms with van der Waals surface area (Å²) in [6.07, 6.45) is 3.61. The maximum absolute atomic E-state index is 5.66. The minimum Gasteiger partial charge on any atom is -0.369 e. The number of hydrogen-bond acceptors (Lipinski definition) is 3. The van der Waals surface area contributed by atoms with Crippen LogP contribution in [0.5, 0.6) is 0 Å². The number of imidazole rings is 1. The summed E-state index contributed by atoms with van der Waals surface area (Å²) in [5.74, 6) is 0.575. The highest BCUT2D eigenvalue weighted by Gasteiger charge is 2.02. The summed E-state index contributed by atoms with van der Waals surface area (Å²) in [4.78, 5) is 5.31. The summed E-state index contributed by atoms with van der Waals surface area (Å²) in [5.41, 5.74) is 6.98. The van der Waals surface area contributed by atoms with Crippen LogP contribution in [0.2, 0.25) is 0 Å². The fraction of sp³-hybridized carbons (Fsp3) is 0.222. The topological polar surface area (TPSA) is 43.8 Å². The Kier molecular flexibility index (Phi) is 2.06. The molecule has 0 bridgehead atoms. The van der Waals surface area contributed by atoms with Crippen molar-refractivity contribution in [3.05, 3.63) is 34.3 Å². The Bertz CT molecular complexity index is 364. The van der Waals surface area contributed by atoms with Crippen molar-refractivity contribution in [3.63, 3.8) is 0 Å². The molecule has 0 aliphatic rings. The van der Waals surface area contributed by atoms with E-state index in [1.165, 1.54) is 10.4 Å². The maximum Gasteiger partial charge on any atom is 0.200 e. The lowest BCUT2D eigenvalue weighted by Crippen LogP contribution is -2.03. The first kappa shape index (κ1) is 8.31. The lowest BCUT2D eigenvalue weighted by atomic mass is 10.3. The SMILES string of the molecule is Cc1sccc1Cn1ccnc1N. The molecule has 2 rings (SSSR count). The summed E-state index contributed by atoms with van der Waals surface area (Å²) in [6, 6.07) is 2.12. The fourth-order valence-corrected chi connectivity index (χ4v) is 1.95. The molecule has 2 N–H and O–H groups in total. The van der Waals surface area contributed by atoms with Gasteiger partial charge in [0.25, 0.3) is 0 Å². The van der Waals surface area contributed by atoms with Crippen molar-refractivity contribution in [1.82, 2.24) is 9.55 Å². The van der Waals surface area contributed by atoms with E-state index in [-0.39, 0.29) is 0 Å². The lowest BCUT2D eigenvalue weighted by Gasteiger charge is -2.03. The molecule has 0 unspecified atom stereocenters. The van der Waals surface area contributed by atoms with Crippen LogP contribution < -0.4 is 5.73 Å². The number of anilines is 1. The zero-order valence-corrected chi connectivity index (χ0v) is 8.21. The third kappa shape index (κ3) is 1.58. The molecule has 0 amide bonds. The quantitative estimate of drug-likeness (QED) is 0.791. The van der Waals surface area contributed by atoms with Gasteiger partial charge < -0.3 is 10.3 Å². The molecule has 68 valence electrons. The second-order valence-corrected chi connectivity index (χ2v) is 4.04. The highest BCUT2D eigenvalue weighted by atomic mass is 32.1. The summed E-state index contributed by atoms with van der Waals surface area (Å²) >= 11 is 1.76. The van der Waals surface area contributed by atoms with Crippen LogP contribution in [0.1, 0.15) is 10.4 Å². The van der Waals surface area contributed by atoms with Crippen molar-refractivity contribution in [1.29, 1.82) is 0 Å². The highest BCUT2D eigenvalue weighted by molar-refractivity contribution is 7.10. The third-order valence-electron chi connectivity index (χ3n) is 2.05. The van der Waals surface area contributed by atoms with Gasteiger partial charge >= 0.3 is 0 Å². The van der Waals surface area contributed by atoms with E-state index in [4.69, 9.17) is 5.73 Å². The van der Waals surface area contributed by atoms with Gasteiger partial charge in [-0.2, -0.15) is 0 Å². The first-order valence-electron chi connectivity index (χ1n) is 4.07. The first-order valence-corrected chi connectivity index (χ1v) is 4.95. The minimum absolute atomic E-state index is 0.575. The average molecular weight is 193 g/mol. The number of nitrogens with zero attached hydrogens (tertiary/aromatic N) is 2. The second-order valence-electron chi connectivity index (χ2n) is 2.92. The standard InChI is InChI=1S/C9H11N3S/c1-7-8(2-5-13-7)6-12-4-3-11-9(12)10/h2-5H,6H2,1H3,(H2,10,11). The number of thiophene rings is 1. The molecule has 0 aliphatic carbocycles. The van der Waals surface area contributed by atoms with E-state index in [0.29, 0.717) is 5.95 Å². The monoisotopic (exact) mass is 193 g/mol. The molecular formula is C9H11N3S. The molecule has 0 atom stereocenters. The summed E-state index contributed by atoms with van der Waals surface area (Å²) < 4.78 is 1.94. The molecule has 13 heavy (non-hydrogen) atoms. The van der Waals surface area contributed by atoms with E-state index in [0.717, 1.165) is 6.54 Å². The van der Waals surface area contributed by atoms with Crippen LogP contribution in [0, 0.1) is 6.92 Å². The molecule has 0 spiro atoms. The van der Waals surface area contributed by atoms with E-state index in [2.05, 4.69) is 23.4 Å². The number of hydrogen-bond donors (Lipinski definition) is 1. The molecule has 2 heterocycles. The van der Waals surface area contributed by atoms with Gasteiger partial charge in [0, 0.05) is 17.3 Å². The largest absolute Gasteiger partial charge is 0.369 e. The van der Waals surface area contributed by atoms with Crippen molar-refractivity contribution >= 4 is 17.3 Å². The van der Waals surface area contributed by atoms with Gasteiger partial charge in [0.05, 0.1) is 6.54 Å². The third-order valence-corrected chi connectivity index (χ3v) is 2.94. The van der Waals surface area contributed by atoms with Crippen molar-refractivity contribution in [2.24, 2.45) is 0 Å². The highest BCUT2D eigenvalue weighted by Crippen LogP contribution is 2.17. The van der Waals surface area contributed by atoms with Crippen LogP contribution in [0.4, 0.5) is 5.95 Å². The van der Waals surface area contributed by atoms with Gasteiger partial charge in [-0.25, -0.2) is 4.98 Å². The lowest BCUT2D eigenvalue weighted by molar-refractivity contribution is 0.810. The molecule has 2 aromatic heterocycles. The minimum atomic E-state index is 0.575. The number of nitrogens with two attached hydrogens (primary N) is 1. The summed E-state index contributed by atoms with van der Waals surface area (Å²) in [7, 11) is 0. The molecule has 0 aliphatic heterocycles. The van der Waals surface area contributed by atoms with Crippen LogP contribution in [-0.2, 0) is 6.54 Å². The van der Waals surface area contributed by atoms with E-state index in [9.17, 15) is 0 Å². The van der Waals surface area contributed by atoms with Gasteiger partial charge in [0.15, 0.2) is 5.95 Å². The van der Waals surface area contributed by atoms with Crippen molar-refractivity contribution in [2.45, 2.75) is 13.5 Å². The van der Waals surface area contributed by atoms with Gasteiger partial charge in [-0.3, -0.25) is 0 Å². The molecule has 0 saturated heterocycles. The van der Waals surface area contributed by atoms with E-state index in [1.54, 1.807) is 17.5 Å². The van der Waals surface area contributed by atoms with Crippen LogP contribution in [0.3, 0.4) is 0 Å². The van der Waals surface area contributed by atoms with Crippen molar-refractivity contribution < 1.29 is 0 Å². The predicted molar refractivity (Wildman–Crippen MR) is 54.8 cm³/mol. The predicted octanol–water partition coefficient (Wildman–Crippen LogP) is 1.88. The summed E-state index contributed by atoms with van der Waals surface area (Å²) in [6.45, 7) is 2.94. The molecule has 0 aromatic carbocycles. The molecule has 3 nitrogen and oxygen atoms in total. The van der Waals surface area contributed by atoms with Crippen LogP contribution >= 0.6 is 11.3 Å². The van der Waals surface area contributed by atoms with Crippen molar-refractivity contribution in [3.8, 4) is 0 Å². The molecular weight excluding hydrogens is 182 g/mol. The Labute approximate surface area is 80.8 Å². The van der Waals surface area contributed by atoms with Crippen molar-refractivity contribution in [2.75, 3.05) is 5.73 Å². The summed E-state index contributed by atoms with van der Waals surface area (Å²) in [5, 5.41) is 2.10. The second kappa shape index (κ2) is 3.22. The van der Waals surface area contributed by atoms with Crippen LogP contribution in [0.15, 0.2) is 23.8 Å². The Morgan fingerprint density at radius 3 is 3.00 bits per heavy atom. The zero-order valence-electron chi connectivity index (χ0n) is 7.40. The average Bonchev–Trinajstić information content (AvgIpc) is 2.65. The zero-order chi connectivity index (χ0) is 9.26. The molecule has 2 aromatic rings. The Balaban J connectivity index is 2.24. The van der Waals surface area contributed by atoms with Gasteiger partial charge in [0.2, 0.25) is 0 Å². The Morgan fingerprint density at radius 2 is 2.46 bits per heavy atom. The number of nitrogen functional groups attached to an aromatic ring is 1. The van der Waals surface area contributed by atoms with Crippen LogP contribution in [0.25, 0.3) is 0 Å². The first-order chi connectivity index (χ1) is 6.27. The number of rotatable bonds is 2. The van der Waals surface area contributed by atoms with Gasteiger partial charge in [-0.1, -0.05) is 0 Å². The van der Waals surface area contributed by atoms with Gasteiger partial charge in [-0.05, 0) is 23.9 Å². The molecule has 0 fully saturated rings. The Morgan fingerprint density at radius 1 is 1.62 bits per heavy atom. The Hall–Kier alpha value is -1.29. The van der Waals surface area contributed by atoms with Crippen LogP contribution in [-0.4, -0.2) is 9.55 Å².